The number of aldehydes is 1. The molecule has 6 heteroatoms. The first-order valence-corrected chi connectivity index (χ1v) is 5.05. The number of hydrogen-bond acceptors (Lipinski definition) is 4. The molecule has 15 heavy (non-hydrogen) atoms. The SMILES string of the molecule is [N-]=[N+]=NC1(C=O)CCC2(CC1)OCCO2. The molecule has 0 aromatic rings. The number of carbonyl (C=O) groups is 1. The molecule has 0 radical (unpaired) electrons. The lowest BCUT2D eigenvalue weighted by atomic mass is 9.80. The molecule has 2 fully saturated rings. The van der Waals surface area contributed by atoms with Crippen molar-refractivity contribution in [1.82, 2.24) is 0 Å². The van der Waals surface area contributed by atoms with Crippen molar-refractivity contribution in [2.75, 3.05) is 13.2 Å². The molecule has 2 aliphatic rings. The largest absolute Gasteiger partial charge is 0.348 e. The molecule has 0 N–H and O–H groups in total. The molecule has 1 saturated heterocycles. The first-order chi connectivity index (χ1) is 7.24. The van der Waals surface area contributed by atoms with Crippen LogP contribution in [0.15, 0.2) is 5.11 Å². The predicted molar refractivity (Wildman–Crippen MR) is 51.0 cm³/mol. The van der Waals surface area contributed by atoms with Gasteiger partial charge in [-0.3, -0.25) is 0 Å². The first-order valence-electron chi connectivity index (χ1n) is 5.05. The lowest BCUT2D eigenvalue weighted by molar-refractivity contribution is -0.183. The zero-order chi connectivity index (χ0) is 10.8. The summed E-state index contributed by atoms with van der Waals surface area (Å²) in [6.07, 6.45) is 2.98. The monoisotopic (exact) mass is 211 g/mol. The van der Waals surface area contributed by atoms with E-state index >= 15 is 0 Å². The Morgan fingerprint density at radius 2 is 1.80 bits per heavy atom. The topological polar surface area (TPSA) is 84.3 Å². The van der Waals surface area contributed by atoms with E-state index in [-0.39, 0.29) is 0 Å². The molecule has 82 valence electrons. The second kappa shape index (κ2) is 3.81. The summed E-state index contributed by atoms with van der Waals surface area (Å²) in [5, 5.41) is 3.59. The van der Waals surface area contributed by atoms with Gasteiger partial charge in [-0.2, -0.15) is 0 Å². The Morgan fingerprint density at radius 1 is 1.20 bits per heavy atom. The smallest absolute Gasteiger partial charge is 0.168 e. The van der Waals surface area contributed by atoms with Gasteiger partial charge in [0.05, 0.1) is 13.2 Å². The zero-order valence-electron chi connectivity index (χ0n) is 8.39. The molecular formula is C9H13N3O3. The van der Waals surface area contributed by atoms with Gasteiger partial charge < -0.3 is 14.3 Å². The number of carbonyl (C=O) groups excluding carboxylic acids is 1. The van der Waals surface area contributed by atoms with Crippen molar-refractivity contribution in [2.45, 2.75) is 37.0 Å². The van der Waals surface area contributed by atoms with E-state index in [1.165, 1.54) is 0 Å². The van der Waals surface area contributed by atoms with Gasteiger partial charge in [0, 0.05) is 17.8 Å². The van der Waals surface area contributed by atoms with E-state index in [1.54, 1.807) is 0 Å². The second-order valence-corrected chi connectivity index (χ2v) is 4.02. The maximum atomic E-state index is 10.9. The van der Waals surface area contributed by atoms with Crippen molar-refractivity contribution < 1.29 is 14.3 Å². The quantitative estimate of drug-likeness (QED) is 0.300. The van der Waals surface area contributed by atoms with Crippen LogP contribution in [-0.2, 0) is 14.3 Å². The van der Waals surface area contributed by atoms with Gasteiger partial charge in [-0.25, -0.2) is 0 Å². The molecule has 1 heterocycles. The molecule has 0 atom stereocenters. The van der Waals surface area contributed by atoms with Gasteiger partial charge in [-0.05, 0) is 18.4 Å². The average molecular weight is 211 g/mol. The molecule has 0 aromatic carbocycles. The molecule has 0 bridgehead atoms. The molecule has 1 aliphatic heterocycles. The lowest BCUT2D eigenvalue weighted by Crippen LogP contribution is -2.43. The maximum Gasteiger partial charge on any atom is 0.168 e. The summed E-state index contributed by atoms with van der Waals surface area (Å²) in [7, 11) is 0. The van der Waals surface area contributed by atoms with Crippen LogP contribution in [0.1, 0.15) is 25.7 Å². The third-order valence-corrected chi connectivity index (χ3v) is 3.15. The second-order valence-electron chi connectivity index (χ2n) is 4.02. The number of azide groups is 1. The van der Waals surface area contributed by atoms with Crippen molar-refractivity contribution in [3.8, 4) is 0 Å². The number of rotatable bonds is 2. The van der Waals surface area contributed by atoms with Crippen LogP contribution in [0.4, 0.5) is 0 Å². The van der Waals surface area contributed by atoms with Crippen molar-refractivity contribution >= 4 is 6.29 Å². The maximum absolute atomic E-state index is 10.9. The van der Waals surface area contributed by atoms with Gasteiger partial charge in [0.15, 0.2) is 5.79 Å². The van der Waals surface area contributed by atoms with Crippen molar-refractivity contribution in [3.63, 3.8) is 0 Å². The molecule has 2 rings (SSSR count). The molecule has 0 unspecified atom stereocenters. The van der Waals surface area contributed by atoms with Crippen LogP contribution in [-0.4, -0.2) is 30.8 Å². The van der Waals surface area contributed by atoms with Crippen LogP contribution in [0, 0.1) is 0 Å². The van der Waals surface area contributed by atoms with Crippen LogP contribution in [0.25, 0.3) is 10.4 Å². The fraction of sp³-hybridized carbons (Fsp3) is 0.889. The third kappa shape index (κ3) is 1.84. The van der Waals surface area contributed by atoms with Crippen LogP contribution in [0.3, 0.4) is 0 Å². The summed E-state index contributed by atoms with van der Waals surface area (Å²) >= 11 is 0. The van der Waals surface area contributed by atoms with Crippen LogP contribution < -0.4 is 0 Å². The molecule has 0 amide bonds. The van der Waals surface area contributed by atoms with Gasteiger partial charge in [0.25, 0.3) is 0 Å². The highest BCUT2D eigenvalue weighted by Crippen LogP contribution is 2.41. The molecule has 6 nitrogen and oxygen atoms in total. The Kier molecular flexibility index (Phi) is 2.65. The summed E-state index contributed by atoms with van der Waals surface area (Å²) in [6.45, 7) is 1.21. The van der Waals surface area contributed by atoms with Crippen LogP contribution in [0.5, 0.6) is 0 Å². The van der Waals surface area contributed by atoms with Gasteiger partial charge in [-0.1, -0.05) is 5.11 Å². The van der Waals surface area contributed by atoms with E-state index in [1.807, 2.05) is 0 Å². The minimum absolute atomic E-state index is 0.501. The zero-order valence-corrected chi connectivity index (χ0v) is 8.39. The fourth-order valence-corrected chi connectivity index (χ4v) is 2.18. The average Bonchev–Trinajstić information content (AvgIpc) is 2.72. The summed E-state index contributed by atoms with van der Waals surface area (Å²) < 4.78 is 11.0. The highest BCUT2D eigenvalue weighted by molar-refractivity contribution is 5.64. The number of hydrogen-bond donors (Lipinski definition) is 0. The Morgan fingerprint density at radius 3 is 2.27 bits per heavy atom. The summed E-state index contributed by atoms with van der Waals surface area (Å²) in [5.41, 5.74) is 7.53. The minimum Gasteiger partial charge on any atom is -0.348 e. The normalized spacial score (nSPS) is 27.2. The highest BCUT2D eigenvalue weighted by atomic mass is 16.7. The van der Waals surface area contributed by atoms with Crippen molar-refractivity contribution in [2.24, 2.45) is 5.11 Å². The predicted octanol–water partition coefficient (Wildman–Crippen LogP) is 1.55. The Hall–Kier alpha value is -1.10. The van der Waals surface area contributed by atoms with Gasteiger partial charge >= 0.3 is 0 Å². The van der Waals surface area contributed by atoms with Gasteiger partial charge in [-0.15, -0.1) is 0 Å². The Bertz CT molecular complexity index is 296. The third-order valence-electron chi connectivity index (χ3n) is 3.15. The van der Waals surface area contributed by atoms with Crippen molar-refractivity contribution in [3.05, 3.63) is 10.4 Å². The molecule has 1 saturated carbocycles. The van der Waals surface area contributed by atoms with E-state index in [2.05, 4.69) is 10.0 Å². The molecule has 1 spiro atoms. The number of nitrogens with zero attached hydrogens (tertiary/aromatic N) is 3. The van der Waals surface area contributed by atoms with Gasteiger partial charge in [0.2, 0.25) is 0 Å². The molecule has 0 aromatic heterocycles. The minimum atomic E-state index is -0.880. The first kappa shape index (κ1) is 10.4. The van der Waals surface area contributed by atoms with E-state index in [0.717, 1.165) is 6.29 Å². The van der Waals surface area contributed by atoms with E-state index in [9.17, 15) is 4.79 Å². The lowest BCUT2D eigenvalue weighted by Gasteiger charge is -2.37. The highest BCUT2D eigenvalue weighted by Gasteiger charge is 2.46. The summed E-state index contributed by atoms with van der Waals surface area (Å²) in [6, 6.07) is 0. The van der Waals surface area contributed by atoms with Crippen LogP contribution >= 0.6 is 0 Å². The Balaban J connectivity index is 2.06. The van der Waals surface area contributed by atoms with Crippen molar-refractivity contribution in [1.29, 1.82) is 0 Å². The number of ether oxygens (including phenoxy) is 2. The Labute approximate surface area is 87.2 Å². The molecule has 1 aliphatic carbocycles. The fourth-order valence-electron chi connectivity index (χ4n) is 2.18. The van der Waals surface area contributed by atoms with E-state index < -0.39 is 11.3 Å². The molecular weight excluding hydrogens is 198 g/mol. The summed E-state index contributed by atoms with van der Waals surface area (Å²) in [5.74, 6) is -0.516. The van der Waals surface area contributed by atoms with Gasteiger partial charge in [0.1, 0.15) is 11.8 Å². The van der Waals surface area contributed by atoms with E-state index in [0.29, 0.717) is 38.9 Å². The van der Waals surface area contributed by atoms with Crippen LogP contribution in [0.2, 0.25) is 0 Å². The van der Waals surface area contributed by atoms with E-state index in [4.69, 9.17) is 15.0 Å². The summed E-state index contributed by atoms with van der Waals surface area (Å²) in [4.78, 5) is 13.7. The standard InChI is InChI=1S/C9H13N3O3/c10-12-11-8(7-13)1-3-9(4-2-8)14-5-6-15-9/h7H,1-6H2.